The SMILES string of the molecule is COCC12COc3cccc(c31)-c1ccccc1C2. The third kappa shape index (κ3) is 1.41. The van der Waals surface area contributed by atoms with Crippen LogP contribution in [0, 0.1) is 0 Å². The Kier molecular flexibility index (Phi) is 2.24. The van der Waals surface area contributed by atoms with Gasteiger partial charge >= 0.3 is 0 Å². The van der Waals surface area contributed by atoms with Crippen LogP contribution in [0.15, 0.2) is 42.5 Å². The van der Waals surface area contributed by atoms with Crippen molar-refractivity contribution >= 4 is 0 Å². The lowest BCUT2D eigenvalue weighted by molar-refractivity contribution is 0.110. The first-order valence-electron chi connectivity index (χ1n) is 6.68. The molecule has 0 aromatic heterocycles. The summed E-state index contributed by atoms with van der Waals surface area (Å²) >= 11 is 0. The second-order valence-electron chi connectivity index (χ2n) is 5.51. The molecule has 0 saturated heterocycles. The summed E-state index contributed by atoms with van der Waals surface area (Å²) in [4.78, 5) is 0. The van der Waals surface area contributed by atoms with Crippen molar-refractivity contribution in [1.29, 1.82) is 0 Å². The average Bonchev–Trinajstić information content (AvgIpc) is 2.80. The Labute approximate surface area is 113 Å². The highest BCUT2D eigenvalue weighted by molar-refractivity contribution is 5.78. The van der Waals surface area contributed by atoms with Crippen LogP contribution < -0.4 is 4.74 Å². The second-order valence-corrected chi connectivity index (χ2v) is 5.51. The number of methoxy groups -OCH3 is 1. The second kappa shape index (κ2) is 3.84. The smallest absolute Gasteiger partial charge is 0.123 e. The van der Waals surface area contributed by atoms with Gasteiger partial charge in [0.1, 0.15) is 12.4 Å². The summed E-state index contributed by atoms with van der Waals surface area (Å²) in [5.74, 6) is 1.03. The number of ether oxygens (including phenoxy) is 2. The molecule has 1 aliphatic carbocycles. The van der Waals surface area contributed by atoms with E-state index in [1.54, 1.807) is 7.11 Å². The summed E-state index contributed by atoms with van der Waals surface area (Å²) in [6, 6.07) is 15.0. The maximum atomic E-state index is 5.93. The molecular formula is C17H16O2. The molecule has 0 N–H and O–H groups in total. The highest BCUT2D eigenvalue weighted by atomic mass is 16.5. The Morgan fingerprint density at radius 2 is 1.95 bits per heavy atom. The fraction of sp³-hybridized carbons (Fsp3) is 0.294. The summed E-state index contributed by atoms with van der Waals surface area (Å²) in [7, 11) is 1.77. The molecule has 2 aromatic carbocycles. The Balaban J connectivity index is 2.02. The normalized spacial score (nSPS) is 22.6. The first-order valence-corrected chi connectivity index (χ1v) is 6.68. The van der Waals surface area contributed by atoms with Gasteiger partial charge in [-0.2, -0.15) is 0 Å². The summed E-state index contributed by atoms with van der Waals surface area (Å²) in [6.45, 7) is 1.44. The zero-order chi connectivity index (χ0) is 12.9. The molecule has 1 atom stereocenters. The van der Waals surface area contributed by atoms with Gasteiger partial charge in [-0.05, 0) is 29.2 Å². The molecule has 2 nitrogen and oxygen atoms in total. The predicted molar refractivity (Wildman–Crippen MR) is 74.6 cm³/mol. The van der Waals surface area contributed by atoms with Crippen molar-refractivity contribution in [2.45, 2.75) is 11.8 Å². The van der Waals surface area contributed by atoms with Gasteiger partial charge in [0.15, 0.2) is 0 Å². The van der Waals surface area contributed by atoms with Crippen LogP contribution >= 0.6 is 0 Å². The zero-order valence-corrected chi connectivity index (χ0v) is 11.0. The minimum Gasteiger partial charge on any atom is -0.492 e. The maximum absolute atomic E-state index is 5.93. The van der Waals surface area contributed by atoms with Crippen LogP contribution in [0.4, 0.5) is 0 Å². The molecule has 1 heterocycles. The average molecular weight is 252 g/mol. The maximum Gasteiger partial charge on any atom is 0.123 e. The number of hydrogen-bond donors (Lipinski definition) is 0. The van der Waals surface area contributed by atoms with Crippen LogP contribution in [-0.2, 0) is 16.6 Å². The van der Waals surface area contributed by atoms with Gasteiger partial charge in [0.2, 0.25) is 0 Å². The molecule has 0 spiro atoms. The van der Waals surface area contributed by atoms with Gasteiger partial charge in [-0.3, -0.25) is 0 Å². The van der Waals surface area contributed by atoms with Crippen LogP contribution in [0.2, 0.25) is 0 Å². The molecule has 0 amide bonds. The minimum absolute atomic E-state index is 0.00493. The van der Waals surface area contributed by atoms with Gasteiger partial charge in [-0.25, -0.2) is 0 Å². The number of hydrogen-bond acceptors (Lipinski definition) is 2. The highest BCUT2D eigenvalue weighted by Gasteiger charge is 2.45. The summed E-state index contributed by atoms with van der Waals surface area (Å²) in [5.41, 5.74) is 5.39. The van der Waals surface area contributed by atoms with Crippen LogP contribution in [0.25, 0.3) is 11.1 Å². The van der Waals surface area contributed by atoms with E-state index in [-0.39, 0.29) is 5.41 Å². The van der Waals surface area contributed by atoms with Crippen LogP contribution in [-0.4, -0.2) is 20.3 Å². The number of rotatable bonds is 2. The van der Waals surface area contributed by atoms with E-state index >= 15 is 0 Å². The van der Waals surface area contributed by atoms with Gasteiger partial charge in [0.25, 0.3) is 0 Å². The molecule has 96 valence electrons. The third-order valence-electron chi connectivity index (χ3n) is 4.32. The van der Waals surface area contributed by atoms with Crippen molar-refractivity contribution in [1.82, 2.24) is 0 Å². The van der Waals surface area contributed by atoms with Gasteiger partial charge in [0.05, 0.1) is 12.0 Å². The highest BCUT2D eigenvalue weighted by Crippen LogP contribution is 2.51. The monoisotopic (exact) mass is 252 g/mol. The van der Waals surface area contributed by atoms with Gasteiger partial charge in [0, 0.05) is 12.7 Å². The van der Waals surface area contributed by atoms with Crippen molar-refractivity contribution in [2.75, 3.05) is 20.3 Å². The Morgan fingerprint density at radius 1 is 1.11 bits per heavy atom. The third-order valence-corrected chi connectivity index (χ3v) is 4.32. The van der Waals surface area contributed by atoms with Gasteiger partial charge < -0.3 is 9.47 Å². The minimum atomic E-state index is -0.00493. The van der Waals surface area contributed by atoms with E-state index < -0.39 is 0 Å². The van der Waals surface area contributed by atoms with E-state index in [2.05, 4.69) is 42.5 Å². The van der Waals surface area contributed by atoms with Crippen molar-refractivity contribution in [3.63, 3.8) is 0 Å². The van der Waals surface area contributed by atoms with Crippen molar-refractivity contribution in [3.8, 4) is 16.9 Å². The van der Waals surface area contributed by atoms with E-state index in [0.29, 0.717) is 6.61 Å². The van der Waals surface area contributed by atoms with E-state index in [1.165, 1.54) is 22.3 Å². The predicted octanol–water partition coefficient (Wildman–Crippen LogP) is 3.19. The molecule has 1 aliphatic heterocycles. The zero-order valence-electron chi connectivity index (χ0n) is 11.0. The van der Waals surface area contributed by atoms with Crippen LogP contribution in [0.1, 0.15) is 11.1 Å². The Bertz CT molecular complexity index is 643. The fourth-order valence-electron chi connectivity index (χ4n) is 3.59. The molecule has 0 radical (unpaired) electrons. The standard InChI is InChI=1S/C17H16O2/c1-18-10-17-9-12-5-2-3-6-13(12)14-7-4-8-15(16(14)17)19-11-17/h2-8H,9-11H2,1H3. The Hall–Kier alpha value is -1.80. The molecule has 0 saturated carbocycles. The quantitative estimate of drug-likeness (QED) is 0.817. The fourth-order valence-corrected chi connectivity index (χ4v) is 3.59. The topological polar surface area (TPSA) is 18.5 Å². The first-order chi connectivity index (χ1) is 9.34. The van der Waals surface area contributed by atoms with Crippen LogP contribution in [0.5, 0.6) is 5.75 Å². The van der Waals surface area contributed by atoms with E-state index in [9.17, 15) is 0 Å². The molecule has 2 aromatic rings. The number of fused-ring (bicyclic) bond motifs is 2. The molecule has 0 fully saturated rings. The lowest BCUT2D eigenvalue weighted by Crippen LogP contribution is -2.38. The number of benzene rings is 2. The van der Waals surface area contributed by atoms with Gasteiger partial charge in [-0.1, -0.05) is 36.4 Å². The molecule has 4 rings (SSSR count). The summed E-state index contributed by atoms with van der Waals surface area (Å²) in [6.07, 6.45) is 1.00. The van der Waals surface area contributed by atoms with Crippen molar-refractivity contribution in [3.05, 3.63) is 53.6 Å². The lowest BCUT2D eigenvalue weighted by Gasteiger charge is -2.34. The van der Waals surface area contributed by atoms with Crippen LogP contribution in [0.3, 0.4) is 0 Å². The summed E-state index contributed by atoms with van der Waals surface area (Å²) in [5, 5.41) is 0. The lowest BCUT2D eigenvalue weighted by atomic mass is 9.69. The molecule has 0 bridgehead atoms. The van der Waals surface area contributed by atoms with E-state index in [1.807, 2.05) is 0 Å². The molecular weight excluding hydrogens is 236 g/mol. The Morgan fingerprint density at radius 3 is 2.84 bits per heavy atom. The summed E-state index contributed by atoms with van der Waals surface area (Å²) < 4.78 is 11.4. The van der Waals surface area contributed by atoms with Gasteiger partial charge in [-0.15, -0.1) is 0 Å². The molecule has 1 unspecified atom stereocenters. The molecule has 2 heteroatoms. The van der Waals surface area contributed by atoms with E-state index in [4.69, 9.17) is 9.47 Å². The molecule has 19 heavy (non-hydrogen) atoms. The van der Waals surface area contributed by atoms with Crippen molar-refractivity contribution in [2.24, 2.45) is 0 Å². The van der Waals surface area contributed by atoms with E-state index in [0.717, 1.165) is 18.8 Å². The molecule has 2 aliphatic rings. The van der Waals surface area contributed by atoms with Crippen molar-refractivity contribution < 1.29 is 9.47 Å². The largest absolute Gasteiger partial charge is 0.492 e. The first kappa shape index (κ1) is 11.1.